The van der Waals surface area contributed by atoms with Crippen LogP contribution in [0.2, 0.25) is 0 Å². The zero-order valence-corrected chi connectivity index (χ0v) is 6.97. The van der Waals surface area contributed by atoms with Crippen molar-refractivity contribution in [1.29, 1.82) is 0 Å². The Morgan fingerprint density at radius 2 is 2.36 bits per heavy atom. The first-order valence-electron chi connectivity index (χ1n) is 4.14. The highest BCUT2D eigenvalue weighted by Crippen LogP contribution is 2.14. The van der Waals surface area contributed by atoms with E-state index in [1.807, 2.05) is 0 Å². The van der Waals surface area contributed by atoms with Crippen molar-refractivity contribution < 1.29 is 4.79 Å². The lowest BCUT2D eigenvalue weighted by atomic mass is 10.0. The number of allylic oxidation sites excluding steroid dienone is 4. The van der Waals surface area contributed by atoms with E-state index in [0.717, 1.165) is 19.3 Å². The third-order valence-corrected chi connectivity index (χ3v) is 1.84. The molecule has 0 aromatic heterocycles. The Bertz CT molecular complexity index is 199. The first-order chi connectivity index (χ1) is 5.29. The third kappa shape index (κ3) is 3.17. The molecule has 1 heteroatoms. The van der Waals surface area contributed by atoms with Crippen molar-refractivity contribution in [2.24, 2.45) is 0 Å². The van der Waals surface area contributed by atoms with E-state index in [1.54, 1.807) is 6.92 Å². The molecule has 0 N–H and O–H groups in total. The van der Waals surface area contributed by atoms with Crippen molar-refractivity contribution in [1.82, 2.24) is 0 Å². The van der Waals surface area contributed by atoms with Gasteiger partial charge >= 0.3 is 0 Å². The Labute approximate surface area is 67.8 Å². The van der Waals surface area contributed by atoms with Crippen LogP contribution in [-0.4, -0.2) is 5.78 Å². The summed E-state index contributed by atoms with van der Waals surface area (Å²) in [6.45, 7) is 1.65. The molecule has 1 aliphatic rings. The molecule has 11 heavy (non-hydrogen) atoms. The van der Waals surface area contributed by atoms with Crippen LogP contribution < -0.4 is 0 Å². The number of rotatable bonds is 3. The van der Waals surface area contributed by atoms with E-state index in [9.17, 15) is 4.79 Å². The Kier molecular flexibility index (Phi) is 3.09. The molecule has 0 aliphatic heterocycles. The molecule has 0 saturated heterocycles. The lowest BCUT2D eigenvalue weighted by Gasteiger charge is -2.04. The summed E-state index contributed by atoms with van der Waals surface area (Å²) < 4.78 is 0. The van der Waals surface area contributed by atoms with Crippen molar-refractivity contribution in [3.05, 3.63) is 23.8 Å². The van der Waals surface area contributed by atoms with E-state index in [0.29, 0.717) is 6.42 Å². The second-order valence-corrected chi connectivity index (χ2v) is 2.96. The van der Waals surface area contributed by atoms with Crippen molar-refractivity contribution in [3.63, 3.8) is 0 Å². The average molecular weight is 150 g/mol. The maximum Gasteiger partial charge on any atom is 0.130 e. The van der Waals surface area contributed by atoms with Crippen molar-refractivity contribution in [2.75, 3.05) is 0 Å². The SMILES string of the molecule is CC(=O)CCC1=CCCC=C1. The molecule has 0 fully saturated rings. The van der Waals surface area contributed by atoms with Crippen LogP contribution in [0.3, 0.4) is 0 Å². The minimum absolute atomic E-state index is 0.282. The first-order valence-corrected chi connectivity index (χ1v) is 4.14. The van der Waals surface area contributed by atoms with Gasteiger partial charge in [0.05, 0.1) is 0 Å². The van der Waals surface area contributed by atoms with E-state index < -0.39 is 0 Å². The first kappa shape index (κ1) is 8.25. The van der Waals surface area contributed by atoms with Gasteiger partial charge in [0.1, 0.15) is 5.78 Å². The second kappa shape index (κ2) is 4.12. The third-order valence-electron chi connectivity index (χ3n) is 1.84. The molecule has 0 radical (unpaired) electrons. The van der Waals surface area contributed by atoms with E-state index >= 15 is 0 Å². The standard InChI is InChI=1S/C10H14O/c1-9(11)7-8-10-5-3-2-4-6-10/h3,5-6H,2,4,7-8H2,1H3. The average Bonchev–Trinajstić information content (AvgIpc) is 2.03. The van der Waals surface area contributed by atoms with E-state index in [1.165, 1.54) is 5.57 Å². The molecule has 0 unspecified atom stereocenters. The number of hydrogen-bond acceptors (Lipinski definition) is 1. The van der Waals surface area contributed by atoms with Gasteiger partial charge in [0.25, 0.3) is 0 Å². The number of Topliss-reactive ketones (excluding diaryl/α,β-unsaturated/α-hetero) is 1. The molecule has 0 atom stereocenters. The lowest BCUT2D eigenvalue weighted by Crippen LogP contribution is -1.92. The van der Waals surface area contributed by atoms with Crippen LogP contribution in [0.25, 0.3) is 0 Å². The maximum atomic E-state index is 10.6. The molecule has 0 saturated carbocycles. The number of carbonyl (C=O) groups excluding carboxylic acids is 1. The zero-order chi connectivity index (χ0) is 8.10. The van der Waals surface area contributed by atoms with Crippen LogP contribution in [0.1, 0.15) is 32.6 Å². The van der Waals surface area contributed by atoms with Crippen molar-refractivity contribution in [3.8, 4) is 0 Å². The van der Waals surface area contributed by atoms with Gasteiger partial charge in [-0.05, 0) is 26.2 Å². The molecule has 0 aromatic rings. The highest BCUT2D eigenvalue weighted by atomic mass is 16.1. The molecule has 0 aromatic carbocycles. The zero-order valence-electron chi connectivity index (χ0n) is 6.97. The molecule has 0 amide bonds. The smallest absolute Gasteiger partial charge is 0.130 e. The summed E-state index contributed by atoms with van der Waals surface area (Å²) in [4.78, 5) is 10.6. The topological polar surface area (TPSA) is 17.1 Å². The molecule has 0 heterocycles. The van der Waals surface area contributed by atoms with Crippen LogP contribution in [0.15, 0.2) is 23.8 Å². The number of ketones is 1. The fourth-order valence-corrected chi connectivity index (χ4v) is 1.17. The maximum absolute atomic E-state index is 10.6. The highest BCUT2D eigenvalue weighted by molar-refractivity contribution is 5.75. The fourth-order valence-electron chi connectivity index (χ4n) is 1.17. The summed E-state index contributed by atoms with van der Waals surface area (Å²) in [5, 5.41) is 0. The molecular weight excluding hydrogens is 136 g/mol. The van der Waals surface area contributed by atoms with Gasteiger partial charge in [-0.1, -0.05) is 23.8 Å². The van der Waals surface area contributed by atoms with Crippen LogP contribution in [0.5, 0.6) is 0 Å². The van der Waals surface area contributed by atoms with Crippen LogP contribution in [-0.2, 0) is 4.79 Å². The predicted molar refractivity (Wildman–Crippen MR) is 46.4 cm³/mol. The minimum Gasteiger partial charge on any atom is -0.300 e. The van der Waals surface area contributed by atoms with Crippen LogP contribution >= 0.6 is 0 Å². The predicted octanol–water partition coefficient (Wildman–Crippen LogP) is 2.63. The van der Waals surface area contributed by atoms with Gasteiger partial charge in [-0.15, -0.1) is 0 Å². The molecule has 1 rings (SSSR count). The van der Waals surface area contributed by atoms with Gasteiger partial charge in [0, 0.05) is 6.42 Å². The summed E-state index contributed by atoms with van der Waals surface area (Å²) in [6, 6.07) is 0. The Balaban J connectivity index is 2.31. The summed E-state index contributed by atoms with van der Waals surface area (Å²) >= 11 is 0. The summed E-state index contributed by atoms with van der Waals surface area (Å²) in [5.41, 5.74) is 1.33. The van der Waals surface area contributed by atoms with Gasteiger partial charge in [0.2, 0.25) is 0 Å². The molecule has 1 aliphatic carbocycles. The summed E-state index contributed by atoms with van der Waals surface area (Å²) in [7, 11) is 0. The normalized spacial score (nSPS) is 16.3. The van der Waals surface area contributed by atoms with Gasteiger partial charge < -0.3 is 4.79 Å². The molecular formula is C10H14O. The number of carbonyl (C=O) groups is 1. The van der Waals surface area contributed by atoms with E-state index in [-0.39, 0.29) is 5.78 Å². The van der Waals surface area contributed by atoms with Crippen molar-refractivity contribution >= 4 is 5.78 Å². The minimum atomic E-state index is 0.282. The monoisotopic (exact) mass is 150 g/mol. The highest BCUT2D eigenvalue weighted by Gasteiger charge is 1.98. The molecule has 0 bridgehead atoms. The van der Waals surface area contributed by atoms with E-state index in [4.69, 9.17) is 0 Å². The fraction of sp³-hybridized carbons (Fsp3) is 0.500. The van der Waals surface area contributed by atoms with E-state index in [2.05, 4.69) is 18.2 Å². The quantitative estimate of drug-likeness (QED) is 0.604. The van der Waals surface area contributed by atoms with Gasteiger partial charge in [0.15, 0.2) is 0 Å². The number of hydrogen-bond donors (Lipinski definition) is 0. The largest absolute Gasteiger partial charge is 0.300 e. The Hall–Kier alpha value is -0.850. The van der Waals surface area contributed by atoms with Gasteiger partial charge in [-0.25, -0.2) is 0 Å². The summed E-state index contributed by atoms with van der Waals surface area (Å²) in [5.74, 6) is 0.282. The van der Waals surface area contributed by atoms with Crippen molar-refractivity contribution in [2.45, 2.75) is 32.6 Å². The second-order valence-electron chi connectivity index (χ2n) is 2.96. The van der Waals surface area contributed by atoms with Gasteiger partial charge in [-0.2, -0.15) is 0 Å². The summed E-state index contributed by atoms with van der Waals surface area (Å²) in [6.07, 6.45) is 10.4. The molecule has 0 spiro atoms. The van der Waals surface area contributed by atoms with Gasteiger partial charge in [-0.3, -0.25) is 0 Å². The molecule has 60 valence electrons. The Morgan fingerprint density at radius 3 is 2.91 bits per heavy atom. The Morgan fingerprint density at radius 1 is 1.55 bits per heavy atom. The van der Waals surface area contributed by atoms with Crippen LogP contribution in [0, 0.1) is 0 Å². The lowest BCUT2D eigenvalue weighted by molar-refractivity contribution is -0.116. The molecule has 1 nitrogen and oxygen atoms in total. The van der Waals surface area contributed by atoms with Crippen LogP contribution in [0.4, 0.5) is 0 Å².